The number of piperazine rings is 1. The standard InChI is InChI=1S/C24H25ClN2O3S/c1-30-22-18-21(25)12-13-23(22)31(28,29)27-16-14-26(15-17-27)24(19-8-4-2-5-9-19)20-10-6-3-7-11-20/h2-13,18,24H,14-17H2,1H3. The average Bonchev–Trinajstić information content (AvgIpc) is 2.81. The van der Waals surface area contributed by atoms with E-state index in [1.807, 2.05) is 36.4 Å². The molecule has 31 heavy (non-hydrogen) atoms. The van der Waals surface area contributed by atoms with Crippen LogP contribution < -0.4 is 4.74 Å². The van der Waals surface area contributed by atoms with Crippen LogP contribution in [-0.4, -0.2) is 50.9 Å². The van der Waals surface area contributed by atoms with Crippen LogP contribution in [0.2, 0.25) is 5.02 Å². The van der Waals surface area contributed by atoms with Gasteiger partial charge in [0.05, 0.1) is 13.2 Å². The first-order valence-electron chi connectivity index (χ1n) is 10.2. The van der Waals surface area contributed by atoms with Gasteiger partial charge in [-0.3, -0.25) is 4.90 Å². The molecule has 5 nitrogen and oxygen atoms in total. The van der Waals surface area contributed by atoms with E-state index in [4.69, 9.17) is 16.3 Å². The van der Waals surface area contributed by atoms with E-state index in [1.54, 1.807) is 6.07 Å². The van der Waals surface area contributed by atoms with Crippen LogP contribution in [0.15, 0.2) is 83.8 Å². The lowest BCUT2D eigenvalue weighted by Crippen LogP contribution is -2.49. The predicted octanol–water partition coefficient (Wildman–Crippen LogP) is 4.44. The molecule has 0 atom stereocenters. The van der Waals surface area contributed by atoms with Gasteiger partial charge in [0.25, 0.3) is 0 Å². The van der Waals surface area contributed by atoms with E-state index >= 15 is 0 Å². The predicted molar refractivity (Wildman–Crippen MR) is 123 cm³/mol. The first-order valence-corrected chi connectivity index (χ1v) is 12.0. The Balaban J connectivity index is 1.57. The summed E-state index contributed by atoms with van der Waals surface area (Å²) in [4.78, 5) is 2.49. The van der Waals surface area contributed by atoms with Gasteiger partial charge in [-0.15, -0.1) is 0 Å². The summed E-state index contributed by atoms with van der Waals surface area (Å²) < 4.78 is 33.4. The van der Waals surface area contributed by atoms with Crippen molar-refractivity contribution in [1.82, 2.24) is 9.21 Å². The van der Waals surface area contributed by atoms with Gasteiger partial charge in [0.2, 0.25) is 10.0 Å². The zero-order valence-electron chi connectivity index (χ0n) is 17.3. The second kappa shape index (κ2) is 9.40. The van der Waals surface area contributed by atoms with Crippen molar-refractivity contribution in [3.8, 4) is 5.75 Å². The first kappa shape index (κ1) is 21.8. The number of ether oxygens (including phenoxy) is 1. The Kier molecular flexibility index (Phi) is 6.62. The molecule has 162 valence electrons. The van der Waals surface area contributed by atoms with Crippen molar-refractivity contribution in [2.45, 2.75) is 10.9 Å². The summed E-state index contributed by atoms with van der Waals surface area (Å²) in [5.41, 5.74) is 2.40. The van der Waals surface area contributed by atoms with E-state index in [0.717, 1.165) is 0 Å². The summed E-state index contributed by atoms with van der Waals surface area (Å²) in [6, 6.07) is 25.4. The summed E-state index contributed by atoms with van der Waals surface area (Å²) in [7, 11) is -2.23. The Morgan fingerprint density at radius 1 is 0.839 bits per heavy atom. The number of hydrogen-bond acceptors (Lipinski definition) is 4. The van der Waals surface area contributed by atoms with Gasteiger partial charge in [-0.05, 0) is 23.3 Å². The lowest BCUT2D eigenvalue weighted by atomic mass is 9.96. The lowest BCUT2D eigenvalue weighted by molar-refractivity contribution is 0.155. The molecule has 0 aromatic heterocycles. The maximum absolute atomic E-state index is 13.3. The highest BCUT2D eigenvalue weighted by Gasteiger charge is 2.33. The Morgan fingerprint density at radius 3 is 1.90 bits per heavy atom. The molecular weight excluding hydrogens is 432 g/mol. The molecule has 3 aromatic carbocycles. The number of nitrogens with zero attached hydrogens (tertiary/aromatic N) is 2. The molecule has 4 rings (SSSR count). The third-order valence-electron chi connectivity index (χ3n) is 5.61. The third-order valence-corrected chi connectivity index (χ3v) is 7.79. The van der Waals surface area contributed by atoms with Gasteiger partial charge in [-0.1, -0.05) is 72.3 Å². The minimum Gasteiger partial charge on any atom is -0.495 e. The van der Waals surface area contributed by atoms with E-state index in [-0.39, 0.29) is 16.7 Å². The van der Waals surface area contributed by atoms with Gasteiger partial charge in [0, 0.05) is 37.3 Å². The zero-order chi connectivity index (χ0) is 21.8. The van der Waals surface area contributed by atoms with Gasteiger partial charge in [0.1, 0.15) is 10.6 Å². The number of benzene rings is 3. The fourth-order valence-electron chi connectivity index (χ4n) is 4.08. The van der Waals surface area contributed by atoms with E-state index in [9.17, 15) is 8.42 Å². The third kappa shape index (κ3) is 4.62. The van der Waals surface area contributed by atoms with Crippen molar-refractivity contribution in [2.75, 3.05) is 33.3 Å². The van der Waals surface area contributed by atoms with Gasteiger partial charge >= 0.3 is 0 Å². The summed E-state index contributed by atoms with van der Waals surface area (Å²) in [6.07, 6.45) is 0. The fourth-order valence-corrected chi connectivity index (χ4v) is 5.80. The van der Waals surface area contributed by atoms with Crippen molar-refractivity contribution in [2.24, 2.45) is 0 Å². The van der Waals surface area contributed by atoms with E-state index in [0.29, 0.717) is 31.2 Å². The maximum atomic E-state index is 13.3. The quantitative estimate of drug-likeness (QED) is 0.550. The Morgan fingerprint density at radius 2 is 1.39 bits per heavy atom. The number of hydrogen-bond donors (Lipinski definition) is 0. The normalized spacial score (nSPS) is 15.8. The zero-order valence-corrected chi connectivity index (χ0v) is 18.9. The Hall–Kier alpha value is -2.38. The van der Waals surface area contributed by atoms with Crippen LogP contribution in [0.25, 0.3) is 0 Å². The van der Waals surface area contributed by atoms with Crippen molar-refractivity contribution in [3.05, 3.63) is 95.0 Å². The summed E-state index contributed by atoms with van der Waals surface area (Å²) >= 11 is 6.01. The van der Waals surface area contributed by atoms with Crippen molar-refractivity contribution < 1.29 is 13.2 Å². The topological polar surface area (TPSA) is 49.9 Å². The molecule has 0 N–H and O–H groups in total. The molecule has 0 unspecified atom stereocenters. The number of sulfonamides is 1. The number of rotatable bonds is 6. The van der Waals surface area contributed by atoms with E-state index in [1.165, 1.54) is 34.7 Å². The Labute approximate surface area is 188 Å². The summed E-state index contributed by atoms with van der Waals surface area (Å²) in [5.74, 6) is 0.265. The highest BCUT2D eigenvalue weighted by Crippen LogP contribution is 2.33. The monoisotopic (exact) mass is 456 g/mol. The highest BCUT2D eigenvalue weighted by atomic mass is 35.5. The van der Waals surface area contributed by atoms with E-state index < -0.39 is 10.0 Å². The summed E-state index contributed by atoms with van der Waals surface area (Å²) in [5, 5.41) is 0.439. The van der Waals surface area contributed by atoms with Crippen LogP contribution in [0.5, 0.6) is 5.75 Å². The molecule has 0 bridgehead atoms. The molecule has 0 amide bonds. The molecule has 7 heteroatoms. The molecular formula is C24H25ClN2O3S. The van der Waals surface area contributed by atoms with Crippen LogP contribution in [0, 0.1) is 0 Å². The Bertz CT molecular complexity index is 1080. The molecule has 3 aromatic rings. The molecule has 0 radical (unpaired) electrons. The van der Waals surface area contributed by atoms with Gasteiger partial charge in [0.15, 0.2) is 0 Å². The second-order valence-corrected chi connectivity index (χ2v) is 9.80. The molecule has 0 aliphatic carbocycles. The van der Waals surface area contributed by atoms with Gasteiger partial charge in [-0.25, -0.2) is 8.42 Å². The first-order chi connectivity index (χ1) is 15.0. The molecule has 1 aliphatic heterocycles. The van der Waals surface area contributed by atoms with Crippen molar-refractivity contribution >= 4 is 21.6 Å². The molecule has 1 heterocycles. The molecule has 1 saturated heterocycles. The van der Waals surface area contributed by atoms with Crippen LogP contribution in [0.3, 0.4) is 0 Å². The van der Waals surface area contributed by atoms with Crippen LogP contribution in [-0.2, 0) is 10.0 Å². The molecule has 0 spiro atoms. The van der Waals surface area contributed by atoms with Gasteiger partial charge in [-0.2, -0.15) is 4.31 Å². The van der Waals surface area contributed by atoms with Crippen molar-refractivity contribution in [1.29, 1.82) is 0 Å². The molecule has 1 aliphatic rings. The highest BCUT2D eigenvalue weighted by molar-refractivity contribution is 7.89. The van der Waals surface area contributed by atoms with Crippen molar-refractivity contribution in [3.63, 3.8) is 0 Å². The fraction of sp³-hybridized carbons (Fsp3) is 0.250. The number of methoxy groups -OCH3 is 1. The largest absolute Gasteiger partial charge is 0.495 e. The molecule has 0 saturated carbocycles. The van der Waals surface area contributed by atoms with E-state index in [2.05, 4.69) is 29.2 Å². The second-order valence-electron chi connectivity index (χ2n) is 7.46. The van der Waals surface area contributed by atoms with Crippen LogP contribution >= 0.6 is 11.6 Å². The minimum atomic E-state index is -3.68. The van der Waals surface area contributed by atoms with Crippen LogP contribution in [0.1, 0.15) is 17.2 Å². The maximum Gasteiger partial charge on any atom is 0.246 e. The summed E-state index contributed by atoms with van der Waals surface area (Å²) in [6.45, 7) is 2.07. The molecule has 1 fully saturated rings. The smallest absolute Gasteiger partial charge is 0.246 e. The lowest BCUT2D eigenvalue weighted by Gasteiger charge is -2.39. The number of halogens is 1. The SMILES string of the molecule is COc1cc(Cl)ccc1S(=O)(=O)N1CCN(C(c2ccccc2)c2ccccc2)CC1. The van der Waals surface area contributed by atoms with Crippen LogP contribution in [0.4, 0.5) is 0 Å². The average molecular weight is 457 g/mol. The van der Waals surface area contributed by atoms with Gasteiger partial charge < -0.3 is 4.74 Å². The minimum absolute atomic E-state index is 0.0809.